The van der Waals surface area contributed by atoms with Crippen LogP contribution in [0.3, 0.4) is 0 Å². The van der Waals surface area contributed by atoms with E-state index in [0.29, 0.717) is 11.6 Å². The number of nitrogens with two attached hydrogens (primary N) is 1. The second-order valence-electron chi connectivity index (χ2n) is 5.18. The van der Waals surface area contributed by atoms with Crippen LogP contribution in [0.15, 0.2) is 6.07 Å². The van der Waals surface area contributed by atoms with Crippen molar-refractivity contribution in [2.45, 2.75) is 38.6 Å². The van der Waals surface area contributed by atoms with Crippen LogP contribution in [-0.4, -0.2) is 41.0 Å². The topological polar surface area (TPSA) is 79.1 Å². The molecular formula is C13H24N6. The molecule has 106 valence electrons. The van der Waals surface area contributed by atoms with Gasteiger partial charge in [0, 0.05) is 25.2 Å². The fraction of sp³-hybridized carbons (Fsp3) is 0.692. The number of aromatic nitrogens is 2. The van der Waals surface area contributed by atoms with Crippen LogP contribution in [0.4, 0.5) is 11.6 Å². The third-order valence-electron chi connectivity index (χ3n) is 3.70. The highest BCUT2D eigenvalue weighted by atomic mass is 15.3. The minimum atomic E-state index is 0.638. The van der Waals surface area contributed by atoms with Crippen LogP contribution < -0.4 is 16.6 Å². The summed E-state index contributed by atoms with van der Waals surface area (Å²) in [6.07, 6.45) is 5.42. The molecule has 0 saturated heterocycles. The Kier molecular flexibility index (Phi) is 4.93. The molecule has 6 nitrogen and oxygen atoms in total. The number of nitrogen functional groups attached to an aromatic ring is 1. The average Bonchev–Trinajstić information content (AvgIpc) is 2.92. The van der Waals surface area contributed by atoms with E-state index < -0.39 is 0 Å². The largest absolute Gasteiger partial charge is 0.369 e. The van der Waals surface area contributed by atoms with Gasteiger partial charge in [-0.05, 0) is 26.8 Å². The number of nitrogens with zero attached hydrogens (tertiary/aromatic N) is 3. The van der Waals surface area contributed by atoms with Crippen LogP contribution >= 0.6 is 0 Å². The highest BCUT2D eigenvalue weighted by molar-refractivity contribution is 5.46. The van der Waals surface area contributed by atoms with Gasteiger partial charge in [0.05, 0.1) is 0 Å². The van der Waals surface area contributed by atoms with E-state index in [-0.39, 0.29) is 0 Å². The number of nitrogens with one attached hydrogen (secondary N) is 2. The molecule has 0 spiro atoms. The predicted molar refractivity (Wildman–Crippen MR) is 78.0 cm³/mol. The predicted octanol–water partition coefficient (Wildman–Crippen LogP) is 1.36. The van der Waals surface area contributed by atoms with Gasteiger partial charge in [-0.25, -0.2) is 15.8 Å². The van der Waals surface area contributed by atoms with E-state index >= 15 is 0 Å². The van der Waals surface area contributed by atoms with Gasteiger partial charge in [-0.15, -0.1) is 0 Å². The third kappa shape index (κ3) is 4.04. The van der Waals surface area contributed by atoms with Gasteiger partial charge >= 0.3 is 0 Å². The Bertz CT molecular complexity index is 402. The fourth-order valence-electron chi connectivity index (χ4n) is 2.62. The molecule has 0 radical (unpaired) electrons. The molecule has 4 N–H and O–H groups in total. The van der Waals surface area contributed by atoms with Gasteiger partial charge in [0.25, 0.3) is 0 Å². The van der Waals surface area contributed by atoms with Gasteiger partial charge < -0.3 is 15.6 Å². The normalized spacial score (nSPS) is 16.0. The lowest BCUT2D eigenvalue weighted by Gasteiger charge is -2.24. The molecule has 1 aromatic heterocycles. The van der Waals surface area contributed by atoms with Crippen molar-refractivity contribution in [3.8, 4) is 0 Å². The summed E-state index contributed by atoms with van der Waals surface area (Å²) >= 11 is 0. The van der Waals surface area contributed by atoms with Crippen molar-refractivity contribution in [2.75, 3.05) is 30.9 Å². The molecule has 0 aromatic carbocycles. The first-order valence-corrected chi connectivity index (χ1v) is 6.95. The molecule has 0 amide bonds. The Labute approximate surface area is 114 Å². The summed E-state index contributed by atoms with van der Waals surface area (Å²) in [4.78, 5) is 10.9. The third-order valence-corrected chi connectivity index (χ3v) is 3.70. The number of aryl methyl sites for hydroxylation is 1. The van der Waals surface area contributed by atoms with Crippen molar-refractivity contribution >= 4 is 11.6 Å². The van der Waals surface area contributed by atoms with Gasteiger partial charge in [-0.3, -0.25) is 0 Å². The Hall–Kier alpha value is -1.40. The van der Waals surface area contributed by atoms with Crippen molar-refractivity contribution in [3.63, 3.8) is 0 Å². The summed E-state index contributed by atoms with van der Waals surface area (Å²) in [5.74, 6) is 7.54. The van der Waals surface area contributed by atoms with E-state index in [1.165, 1.54) is 25.7 Å². The van der Waals surface area contributed by atoms with Crippen LogP contribution in [0.2, 0.25) is 0 Å². The average molecular weight is 264 g/mol. The summed E-state index contributed by atoms with van der Waals surface area (Å²) in [5.41, 5.74) is 2.55. The molecule has 0 atom stereocenters. The molecule has 1 saturated carbocycles. The first-order valence-electron chi connectivity index (χ1n) is 6.95. The summed E-state index contributed by atoms with van der Waals surface area (Å²) in [7, 11) is 2.20. The Balaban J connectivity index is 1.80. The van der Waals surface area contributed by atoms with E-state index in [0.717, 1.165) is 24.9 Å². The van der Waals surface area contributed by atoms with Crippen molar-refractivity contribution in [1.82, 2.24) is 14.9 Å². The molecule has 1 aliphatic rings. The lowest BCUT2D eigenvalue weighted by atomic mass is 10.2. The van der Waals surface area contributed by atoms with Gasteiger partial charge in [0.15, 0.2) is 0 Å². The minimum absolute atomic E-state index is 0.638. The minimum Gasteiger partial charge on any atom is -0.369 e. The molecule has 1 heterocycles. The zero-order chi connectivity index (χ0) is 13.7. The van der Waals surface area contributed by atoms with Crippen LogP contribution in [0.25, 0.3) is 0 Å². The van der Waals surface area contributed by atoms with E-state index in [2.05, 4.69) is 32.7 Å². The SMILES string of the molecule is Cc1nc(NN)cc(NCCN(C)C2CCCC2)n1. The van der Waals surface area contributed by atoms with Gasteiger partial charge in [-0.2, -0.15) is 0 Å². The van der Waals surface area contributed by atoms with E-state index in [4.69, 9.17) is 5.84 Å². The Morgan fingerprint density at radius 3 is 2.68 bits per heavy atom. The van der Waals surface area contributed by atoms with Crippen molar-refractivity contribution < 1.29 is 0 Å². The first-order chi connectivity index (χ1) is 9.19. The van der Waals surface area contributed by atoms with Gasteiger partial charge in [0.1, 0.15) is 17.5 Å². The van der Waals surface area contributed by atoms with Crippen molar-refractivity contribution in [3.05, 3.63) is 11.9 Å². The number of hydrogen-bond donors (Lipinski definition) is 3. The summed E-state index contributed by atoms with van der Waals surface area (Å²) < 4.78 is 0. The molecule has 0 bridgehead atoms. The molecule has 0 aliphatic heterocycles. The second-order valence-corrected chi connectivity index (χ2v) is 5.18. The highest BCUT2D eigenvalue weighted by Crippen LogP contribution is 2.22. The number of anilines is 2. The van der Waals surface area contributed by atoms with Gasteiger partial charge in [0.2, 0.25) is 0 Å². The lowest BCUT2D eigenvalue weighted by molar-refractivity contribution is 0.254. The molecule has 2 rings (SSSR count). The van der Waals surface area contributed by atoms with Crippen molar-refractivity contribution in [1.29, 1.82) is 0 Å². The molecule has 19 heavy (non-hydrogen) atoms. The standard InChI is InChI=1S/C13H24N6/c1-10-16-12(9-13(17-10)18-14)15-7-8-19(2)11-5-3-4-6-11/h9,11H,3-8,14H2,1-2H3,(H2,15,16,17,18). The summed E-state index contributed by atoms with van der Waals surface area (Å²) in [6.45, 7) is 3.77. The lowest BCUT2D eigenvalue weighted by Crippen LogP contribution is -2.33. The monoisotopic (exact) mass is 264 g/mol. The Morgan fingerprint density at radius 2 is 2.00 bits per heavy atom. The quantitative estimate of drug-likeness (QED) is 0.532. The molecule has 0 unspecified atom stereocenters. The van der Waals surface area contributed by atoms with E-state index in [9.17, 15) is 0 Å². The van der Waals surface area contributed by atoms with E-state index in [1.807, 2.05) is 13.0 Å². The maximum absolute atomic E-state index is 5.37. The maximum atomic E-state index is 5.37. The zero-order valence-corrected chi connectivity index (χ0v) is 11.8. The maximum Gasteiger partial charge on any atom is 0.145 e. The Morgan fingerprint density at radius 1 is 1.32 bits per heavy atom. The van der Waals surface area contributed by atoms with Crippen LogP contribution in [0.1, 0.15) is 31.5 Å². The number of likely N-dealkylation sites (N-methyl/N-ethyl adjacent to an activating group) is 1. The molecule has 1 aliphatic carbocycles. The van der Waals surface area contributed by atoms with E-state index in [1.54, 1.807) is 0 Å². The fourth-order valence-corrected chi connectivity index (χ4v) is 2.62. The van der Waals surface area contributed by atoms with Gasteiger partial charge in [-0.1, -0.05) is 12.8 Å². The number of hydrogen-bond acceptors (Lipinski definition) is 6. The molecule has 1 fully saturated rings. The summed E-state index contributed by atoms with van der Waals surface area (Å²) in [5, 5.41) is 3.33. The van der Waals surface area contributed by atoms with Crippen LogP contribution in [-0.2, 0) is 0 Å². The molecule has 1 aromatic rings. The molecule has 6 heteroatoms. The number of hydrazine groups is 1. The summed E-state index contributed by atoms with van der Waals surface area (Å²) in [6, 6.07) is 2.58. The molecular weight excluding hydrogens is 240 g/mol. The second kappa shape index (κ2) is 6.68. The van der Waals surface area contributed by atoms with Crippen LogP contribution in [0.5, 0.6) is 0 Å². The smallest absolute Gasteiger partial charge is 0.145 e. The first kappa shape index (κ1) is 14.0. The van der Waals surface area contributed by atoms with Crippen molar-refractivity contribution in [2.24, 2.45) is 5.84 Å². The number of rotatable bonds is 6. The zero-order valence-electron chi connectivity index (χ0n) is 11.8. The van der Waals surface area contributed by atoms with Crippen LogP contribution in [0, 0.1) is 6.92 Å². The highest BCUT2D eigenvalue weighted by Gasteiger charge is 2.18.